The van der Waals surface area contributed by atoms with E-state index in [0.717, 1.165) is 16.9 Å². The predicted molar refractivity (Wildman–Crippen MR) is 87.9 cm³/mol. The molecule has 1 aliphatic heterocycles. The first-order chi connectivity index (χ1) is 11.0. The monoisotopic (exact) mass is 310 g/mol. The molecule has 2 aromatic rings. The summed E-state index contributed by atoms with van der Waals surface area (Å²) in [6.07, 6.45) is 1.61. The van der Waals surface area contributed by atoms with Crippen molar-refractivity contribution in [2.75, 3.05) is 6.61 Å². The van der Waals surface area contributed by atoms with Crippen LogP contribution in [-0.2, 0) is 0 Å². The number of fused-ring (bicyclic) bond motifs is 1. The van der Waals surface area contributed by atoms with Crippen LogP contribution in [0.15, 0.2) is 46.6 Å². The van der Waals surface area contributed by atoms with Crippen LogP contribution in [0.1, 0.15) is 34.4 Å². The summed E-state index contributed by atoms with van der Waals surface area (Å²) < 4.78 is 16.9. The lowest BCUT2D eigenvalue weighted by Crippen LogP contribution is -2.00. The highest BCUT2D eigenvalue weighted by molar-refractivity contribution is 6.14. The van der Waals surface area contributed by atoms with Crippen LogP contribution in [0.25, 0.3) is 6.08 Å². The Labute approximate surface area is 135 Å². The van der Waals surface area contributed by atoms with Crippen molar-refractivity contribution in [1.82, 2.24) is 0 Å². The van der Waals surface area contributed by atoms with Gasteiger partial charge in [0, 0.05) is 11.6 Å². The van der Waals surface area contributed by atoms with Crippen LogP contribution >= 0.6 is 0 Å². The second kappa shape index (κ2) is 5.80. The zero-order chi connectivity index (χ0) is 16.6. The number of aryl methyl sites for hydroxylation is 1. The summed E-state index contributed by atoms with van der Waals surface area (Å²) in [6.45, 7) is 9.87. The van der Waals surface area contributed by atoms with Gasteiger partial charge in [0.15, 0.2) is 5.76 Å². The first kappa shape index (κ1) is 15.2. The summed E-state index contributed by atoms with van der Waals surface area (Å²) in [7, 11) is 0. The SMILES string of the molecule is C=C(C)COc1ccc2c(c1C)O/C(=C\c1ccc(C)o1)C2=O. The molecule has 1 aromatic carbocycles. The first-order valence-corrected chi connectivity index (χ1v) is 7.37. The van der Waals surface area contributed by atoms with Gasteiger partial charge in [-0.1, -0.05) is 6.58 Å². The summed E-state index contributed by atoms with van der Waals surface area (Å²) in [6, 6.07) is 7.16. The van der Waals surface area contributed by atoms with Crippen molar-refractivity contribution in [3.8, 4) is 11.5 Å². The number of rotatable bonds is 4. The minimum atomic E-state index is -0.149. The highest BCUT2D eigenvalue weighted by atomic mass is 16.5. The Morgan fingerprint density at radius 1 is 1.26 bits per heavy atom. The van der Waals surface area contributed by atoms with Gasteiger partial charge in [-0.3, -0.25) is 4.79 Å². The maximum atomic E-state index is 12.4. The lowest BCUT2D eigenvalue weighted by Gasteiger charge is -2.11. The molecular weight excluding hydrogens is 292 g/mol. The molecule has 0 fully saturated rings. The van der Waals surface area contributed by atoms with Crippen molar-refractivity contribution in [2.45, 2.75) is 20.8 Å². The van der Waals surface area contributed by atoms with Gasteiger partial charge in [-0.25, -0.2) is 0 Å². The molecule has 2 heterocycles. The van der Waals surface area contributed by atoms with Gasteiger partial charge >= 0.3 is 0 Å². The van der Waals surface area contributed by atoms with Crippen molar-refractivity contribution in [3.63, 3.8) is 0 Å². The number of hydrogen-bond donors (Lipinski definition) is 0. The maximum Gasteiger partial charge on any atom is 0.232 e. The number of Topliss-reactive ketones (excluding diaryl/α,β-unsaturated/α-hetero) is 1. The number of ketones is 1. The molecule has 0 atom stereocenters. The fourth-order valence-electron chi connectivity index (χ4n) is 2.39. The molecule has 1 aliphatic rings. The van der Waals surface area contributed by atoms with E-state index in [2.05, 4.69) is 6.58 Å². The Hall–Kier alpha value is -2.75. The molecule has 3 rings (SSSR count). The minimum absolute atomic E-state index is 0.149. The van der Waals surface area contributed by atoms with Gasteiger partial charge in [-0.15, -0.1) is 0 Å². The fraction of sp³-hybridized carbons (Fsp3) is 0.211. The van der Waals surface area contributed by atoms with E-state index in [1.165, 1.54) is 0 Å². The Balaban J connectivity index is 1.91. The van der Waals surface area contributed by atoms with Gasteiger partial charge in [0.2, 0.25) is 5.78 Å². The van der Waals surface area contributed by atoms with Crippen molar-refractivity contribution in [3.05, 3.63) is 64.8 Å². The molecule has 4 nitrogen and oxygen atoms in total. The van der Waals surface area contributed by atoms with Crippen LogP contribution < -0.4 is 9.47 Å². The van der Waals surface area contributed by atoms with Crippen molar-refractivity contribution < 1.29 is 18.7 Å². The number of furan rings is 1. The number of benzene rings is 1. The van der Waals surface area contributed by atoms with E-state index in [4.69, 9.17) is 13.9 Å². The lowest BCUT2D eigenvalue weighted by atomic mass is 10.1. The van der Waals surface area contributed by atoms with Crippen LogP contribution in [0.2, 0.25) is 0 Å². The number of hydrogen-bond acceptors (Lipinski definition) is 4. The van der Waals surface area contributed by atoms with E-state index in [-0.39, 0.29) is 11.5 Å². The molecule has 23 heavy (non-hydrogen) atoms. The van der Waals surface area contributed by atoms with E-state index < -0.39 is 0 Å². The highest BCUT2D eigenvalue weighted by Crippen LogP contribution is 2.39. The summed E-state index contributed by atoms with van der Waals surface area (Å²) in [5.41, 5.74) is 2.27. The van der Waals surface area contributed by atoms with Gasteiger partial charge in [0.1, 0.15) is 29.6 Å². The third-order valence-electron chi connectivity index (χ3n) is 3.55. The van der Waals surface area contributed by atoms with Gasteiger partial charge in [-0.05, 0) is 50.6 Å². The van der Waals surface area contributed by atoms with Gasteiger partial charge in [0.25, 0.3) is 0 Å². The normalized spacial score (nSPS) is 14.7. The number of carbonyl (C=O) groups is 1. The Morgan fingerprint density at radius 3 is 2.70 bits per heavy atom. The Kier molecular flexibility index (Phi) is 3.82. The van der Waals surface area contributed by atoms with E-state index in [1.54, 1.807) is 24.3 Å². The molecule has 0 amide bonds. The number of allylic oxidation sites excluding steroid dienone is 1. The molecule has 0 saturated heterocycles. The third-order valence-corrected chi connectivity index (χ3v) is 3.55. The summed E-state index contributed by atoms with van der Waals surface area (Å²) in [5.74, 6) is 2.72. The van der Waals surface area contributed by atoms with Crippen molar-refractivity contribution in [2.24, 2.45) is 0 Å². The van der Waals surface area contributed by atoms with Crippen molar-refractivity contribution in [1.29, 1.82) is 0 Å². The van der Waals surface area contributed by atoms with E-state index in [0.29, 0.717) is 29.4 Å². The molecule has 118 valence electrons. The van der Waals surface area contributed by atoms with Crippen LogP contribution in [0.3, 0.4) is 0 Å². The second-order valence-electron chi connectivity index (χ2n) is 5.70. The maximum absolute atomic E-state index is 12.4. The number of carbonyl (C=O) groups excluding carboxylic acids is 1. The molecule has 0 aliphatic carbocycles. The third kappa shape index (κ3) is 2.93. The molecule has 0 saturated carbocycles. The number of ether oxygens (including phenoxy) is 2. The summed E-state index contributed by atoms with van der Waals surface area (Å²) in [4.78, 5) is 12.4. The lowest BCUT2D eigenvalue weighted by molar-refractivity contribution is 0.101. The van der Waals surface area contributed by atoms with Crippen LogP contribution in [0.4, 0.5) is 0 Å². The average Bonchev–Trinajstić information content (AvgIpc) is 3.04. The largest absolute Gasteiger partial charge is 0.489 e. The zero-order valence-corrected chi connectivity index (χ0v) is 13.4. The van der Waals surface area contributed by atoms with Gasteiger partial charge in [-0.2, -0.15) is 0 Å². The fourth-order valence-corrected chi connectivity index (χ4v) is 2.39. The highest BCUT2D eigenvalue weighted by Gasteiger charge is 2.30. The van der Waals surface area contributed by atoms with Crippen molar-refractivity contribution >= 4 is 11.9 Å². The van der Waals surface area contributed by atoms with E-state index in [9.17, 15) is 4.79 Å². The predicted octanol–water partition coefficient (Wildman–Crippen LogP) is 4.47. The molecular formula is C19H18O4. The van der Waals surface area contributed by atoms with Crippen LogP contribution in [0.5, 0.6) is 11.5 Å². The van der Waals surface area contributed by atoms with Gasteiger partial charge in [0.05, 0.1) is 5.56 Å². The molecule has 0 bridgehead atoms. The molecule has 4 heteroatoms. The first-order valence-electron chi connectivity index (χ1n) is 7.37. The molecule has 0 unspecified atom stereocenters. The Morgan fingerprint density at radius 2 is 2.04 bits per heavy atom. The zero-order valence-electron chi connectivity index (χ0n) is 13.4. The Bertz CT molecular complexity index is 824. The summed E-state index contributed by atoms with van der Waals surface area (Å²) in [5, 5.41) is 0. The molecule has 0 spiro atoms. The average molecular weight is 310 g/mol. The standard InChI is InChI=1S/C19H18O4/c1-11(2)10-21-16-8-7-15-18(20)17(23-19(15)13(16)4)9-14-6-5-12(3)22-14/h5-9H,1,10H2,2-4H3/b17-9-. The topological polar surface area (TPSA) is 48.7 Å². The summed E-state index contributed by atoms with van der Waals surface area (Å²) >= 11 is 0. The second-order valence-corrected chi connectivity index (χ2v) is 5.70. The van der Waals surface area contributed by atoms with E-state index >= 15 is 0 Å². The smallest absolute Gasteiger partial charge is 0.232 e. The van der Waals surface area contributed by atoms with E-state index in [1.807, 2.05) is 26.8 Å². The minimum Gasteiger partial charge on any atom is -0.489 e. The van der Waals surface area contributed by atoms with Crippen LogP contribution in [-0.4, -0.2) is 12.4 Å². The van der Waals surface area contributed by atoms with Gasteiger partial charge < -0.3 is 13.9 Å². The molecule has 0 radical (unpaired) electrons. The molecule has 1 aromatic heterocycles. The quantitative estimate of drug-likeness (QED) is 0.617. The molecule has 0 N–H and O–H groups in total. The van der Waals surface area contributed by atoms with Crippen LogP contribution in [0, 0.1) is 13.8 Å².